The van der Waals surface area contributed by atoms with E-state index in [1.54, 1.807) is 35.5 Å². The van der Waals surface area contributed by atoms with Crippen LogP contribution < -0.4 is 0 Å². The van der Waals surface area contributed by atoms with Gasteiger partial charge in [-0.3, -0.25) is 9.80 Å². The van der Waals surface area contributed by atoms with Crippen LogP contribution in [0.15, 0.2) is 0 Å². The van der Waals surface area contributed by atoms with Crippen LogP contribution in [-0.2, 0) is 22.8 Å². The highest BCUT2D eigenvalue weighted by atomic mass is 28.4. The van der Waals surface area contributed by atoms with Crippen LogP contribution in [0.4, 0.5) is 0 Å². The van der Waals surface area contributed by atoms with Gasteiger partial charge in [0.05, 0.1) is 13.2 Å². The molecule has 0 bridgehead atoms. The second-order valence-electron chi connectivity index (χ2n) is 5.00. The Morgan fingerprint density at radius 2 is 1.24 bits per heavy atom. The summed E-state index contributed by atoms with van der Waals surface area (Å²) in [5.74, 6) is -0.00319. The van der Waals surface area contributed by atoms with Crippen molar-refractivity contribution in [2.45, 2.75) is 12.2 Å². The zero-order chi connectivity index (χ0) is 15.7. The molecule has 0 saturated carbocycles. The van der Waals surface area contributed by atoms with Crippen LogP contribution in [0, 0.1) is 0 Å². The van der Waals surface area contributed by atoms with Crippen molar-refractivity contribution in [3.8, 4) is 0 Å². The number of ether oxygens (including phenoxy) is 2. The Balaban J connectivity index is 2.95. The van der Waals surface area contributed by atoms with Crippen molar-refractivity contribution in [3.05, 3.63) is 0 Å². The molecule has 1 rings (SSSR count). The maximum absolute atomic E-state index is 5.73. The molecule has 0 aromatic heterocycles. The molecule has 0 aliphatic carbocycles. The van der Waals surface area contributed by atoms with Gasteiger partial charge in [-0.25, -0.2) is 0 Å². The molecule has 0 N–H and O–H groups in total. The first-order valence-corrected chi connectivity index (χ1v) is 9.10. The predicted octanol–water partition coefficient (Wildman–Crippen LogP) is 0.0303. The Labute approximate surface area is 129 Å². The number of rotatable bonds is 10. The molecule has 1 saturated heterocycles. The van der Waals surface area contributed by atoms with E-state index in [4.69, 9.17) is 22.8 Å². The molecule has 1 aliphatic rings. The molecule has 0 aromatic carbocycles. The monoisotopic (exact) mass is 322 g/mol. The molecule has 0 radical (unpaired) electrons. The van der Waals surface area contributed by atoms with Crippen molar-refractivity contribution in [1.29, 1.82) is 0 Å². The fourth-order valence-corrected chi connectivity index (χ4v) is 5.39. The van der Waals surface area contributed by atoms with Crippen molar-refractivity contribution in [1.82, 2.24) is 9.80 Å². The summed E-state index contributed by atoms with van der Waals surface area (Å²) in [6.07, 6.45) is 1.10. The third-order valence-electron chi connectivity index (χ3n) is 3.92. The molecule has 1 heterocycles. The highest BCUT2D eigenvalue weighted by molar-refractivity contribution is 6.62. The zero-order valence-electron chi connectivity index (χ0n) is 14.0. The zero-order valence-corrected chi connectivity index (χ0v) is 15.0. The van der Waals surface area contributed by atoms with E-state index in [-0.39, 0.29) is 5.79 Å². The Hall–Kier alpha value is -0.0631. The van der Waals surface area contributed by atoms with E-state index in [1.165, 1.54) is 0 Å². The van der Waals surface area contributed by atoms with E-state index >= 15 is 0 Å². The van der Waals surface area contributed by atoms with Crippen LogP contribution in [0.1, 0.15) is 6.42 Å². The van der Waals surface area contributed by atoms with E-state index in [9.17, 15) is 0 Å². The molecule has 21 heavy (non-hydrogen) atoms. The van der Waals surface area contributed by atoms with Gasteiger partial charge in [-0.15, -0.1) is 0 Å². The van der Waals surface area contributed by atoms with Gasteiger partial charge in [0.2, 0.25) is 0 Å². The number of hydrogen-bond donors (Lipinski definition) is 0. The van der Waals surface area contributed by atoms with Gasteiger partial charge in [-0.1, -0.05) is 0 Å². The van der Waals surface area contributed by atoms with Gasteiger partial charge in [0.1, 0.15) is 5.79 Å². The van der Waals surface area contributed by atoms with Crippen molar-refractivity contribution in [2.75, 3.05) is 74.9 Å². The molecule has 0 amide bonds. The van der Waals surface area contributed by atoms with Crippen LogP contribution in [0.3, 0.4) is 0 Å². The van der Waals surface area contributed by atoms with Crippen LogP contribution in [0.2, 0.25) is 0 Å². The van der Waals surface area contributed by atoms with Crippen molar-refractivity contribution in [3.63, 3.8) is 0 Å². The molecule has 8 heteroatoms. The summed E-state index contributed by atoms with van der Waals surface area (Å²) in [5.41, 5.74) is 0. The average molecular weight is 322 g/mol. The number of hydrogen-bond acceptors (Lipinski definition) is 7. The van der Waals surface area contributed by atoms with Gasteiger partial charge in [0.25, 0.3) is 0 Å². The van der Waals surface area contributed by atoms with Gasteiger partial charge >= 0.3 is 8.80 Å². The Kier molecular flexibility index (Phi) is 8.91. The Morgan fingerprint density at radius 1 is 0.810 bits per heavy atom. The van der Waals surface area contributed by atoms with Crippen LogP contribution in [0.25, 0.3) is 0 Å². The number of nitrogens with zero attached hydrogens (tertiary/aromatic N) is 2. The fraction of sp³-hybridized carbons (Fsp3) is 1.00. The van der Waals surface area contributed by atoms with Crippen LogP contribution in [0.5, 0.6) is 0 Å². The molecule has 0 unspecified atom stereocenters. The van der Waals surface area contributed by atoms with Gasteiger partial charge in [0.15, 0.2) is 0 Å². The summed E-state index contributed by atoms with van der Waals surface area (Å²) in [5, 5.41) is 0. The normalized spacial score (nSPS) is 19.3. The first kappa shape index (κ1) is 19.0. The lowest BCUT2D eigenvalue weighted by atomic mass is 10.3. The molecule has 126 valence electrons. The largest absolute Gasteiger partial charge is 0.533 e. The van der Waals surface area contributed by atoms with E-state index in [0.717, 1.165) is 32.6 Å². The van der Waals surface area contributed by atoms with Gasteiger partial charge in [-0.05, 0) is 6.42 Å². The SMILES string of the molecule is COCCN1CCCN(CCOC)C1[Si](OC)(OC)OC. The summed E-state index contributed by atoms with van der Waals surface area (Å²) in [6.45, 7) is 4.99. The Bertz CT molecular complexity index is 257. The molecule has 1 aliphatic heterocycles. The first-order valence-electron chi connectivity index (χ1n) is 7.30. The van der Waals surface area contributed by atoms with Gasteiger partial charge < -0.3 is 22.8 Å². The summed E-state index contributed by atoms with van der Waals surface area (Å²) in [6, 6.07) is 0. The second-order valence-corrected chi connectivity index (χ2v) is 7.95. The summed E-state index contributed by atoms with van der Waals surface area (Å²) in [4.78, 5) is 4.68. The Morgan fingerprint density at radius 3 is 1.57 bits per heavy atom. The van der Waals surface area contributed by atoms with E-state index in [2.05, 4.69) is 9.80 Å². The maximum Gasteiger partial charge on any atom is 0.533 e. The molecule has 0 atom stereocenters. The number of methoxy groups -OCH3 is 2. The topological polar surface area (TPSA) is 52.6 Å². The van der Waals surface area contributed by atoms with Gasteiger partial charge in [-0.2, -0.15) is 0 Å². The molecular formula is C13H30N2O5Si. The van der Waals surface area contributed by atoms with E-state index < -0.39 is 8.80 Å². The molecular weight excluding hydrogens is 292 g/mol. The predicted molar refractivity (Wildman–Crippen MR) is 82.1 cm³/mol. The van der Waals surface area contributed by atoms with E-state index in [1.807, 2.05) is 0 Å². The minimum atomic E-state index is -2.80. The second kappa shape index (κ2) is 9.85. The molecule has 0 spiro atoms. The lowest BCUT2D eigenvalue weighted by Gasteiger charge is -2.48. The lowest BCUT2D eigenvalue weighted by molar-refractivity contribution is -0.0333. The lowest BCUT2D eigenvalue weighted by Crippen LogP contribution is -2.71. The van der Waals surface area contributed by atoms with Crippen molar-refractivity contribution >= 4 is 8.80 Å². The van der Waals surface area contributed by atoms with E-state index in [0.29, 0.717) is 13.2 Å². The van der Waals surface area contributed by atoms with Gasteiger partial charge in [0, 0.05) is 61.7 Å². The highest BCUT2D eigenvalue weighted by Gasteiger charge is 2.54. The minimum absolute atomic E-state index is 0.00319. The first-order chi connectivity index (χ1) is 10.2. The quantitative estimate of drug-likeness (QED) is 0.526. The molecule has 7 nitrogen and oxygen atoms in total. The smallest absolute Gasteiger partial charge is 0.383 e. The summed E-state index contributed by atoms with van der Waals surface area (Å²) in [7, 11) is 5.62. The van der Waals surface area contributed by atoms with Crippen LogP contribution >= 0.6 is 0 Å². The van der Waals surface area contributed by atoms with Crippen molar-refractivity contribution < 1.29 is 22.8 Å². The highest BCUT2D eigenvalue weighted by Crippen LogP contribution is 2.25. The third kappa shape index (κ3) is 4.70. The summed E-state index contributed by atoms with van der Waals surface area (Å²) >= 11 is 0. The summed E-state index contributed by atoms with van der Waals surface area (Å²) < 4.78 is 27.6. The standard InChI is InChI=1S/C13H30N2O5Si/c1-16-11-9-14-7-6-8-15(10-12-17-2)13(14)21(18-3,19-4)20-5/h13H,6-12H2,1-5H3. The van der Waals surface area contributed by atoms with Crippen molar-refractivity contribution in [2.24, 2.45) is 0 Å². The maximum atomic E-state index is 5.73. The molecule has 1 fully saturated rings. The third-order valence-corrected chi connectivity index (χ3v) is 6.99. The average Bonchev–Trinajstić information content (AvgIpc) is 2.54. The molecule has 0 aromatic rings. The van der Waals surface area contributed by atoms with Crippen LogP contribution in [-0.4, -0.2) is 99.3 Å². The fourth-order valence-electron chi connectivity index (χ4n) is 2.85. The minimum Gasteiger partial charge on any atom is -0.383 e.